The first-order valence-electron chi connectivity index (χ1n) is 9.95. The molecule has 0 bridgehead atoms. The second-order valence-corrected chi connectivity index (χ2v) is 8.21. The van der Waals surface area contributed by atoms with Gasteiger partial charge in [0, 0.05) is 11.5 Å². The Morgan fingerprint density at radius 2 is 1.88 bits per heavy atom. The zero-order valence-electron chi connectivity index (χ0n) is 17.2. The third-order valence-electron chi connectivity index (χ3n) is 5.40. The van der Waals surface area contributed by atoms with E-state index in [2.05, 4.69) is 36.5 Å². The van der Waals surface area contributed by atoms with Crippen molar-refractivity contribution in [3.8, 4) is 28.7 Å². The van der Waals surface area contributed by atoms with Crippen molar-refractivity contribution < 1.29 is 29.2 Å². The number of aromatic hydroxyl groups is 3. The number of rotatable bonds is 6. The molecule has 1 aliphatic heterocycles. The number of benzene rings is 2. The molecule has 1 fully saturated rings. The third-order valence-corrected chi connectivity index (χ3v) is 6.15. The van der Waals surface area contributed by atoms with Gasteiger partial charge >= 0.3 is 0 Å². The van der Waals surface area contributed by atoms with Crippen molar-refractivity contribution >= 4 is 38.3 Å². The van der Waals surface area contributed by atoms with Crippen LogP contribution >= 0.6 is 15.9 Å². The van der Waals surface area contributed by atoms with Gasteiger partial charge in [-0.05, 0) is 53.8 Å². The number of phenols is 3. The molecule has 0 aliphatic carbocycles. The largest absolute Gasteiger partial charge is 0.504 e. The molecule has 32 heavy (non-hydrogen) atoms. The summed E-state index contributed by atoms with van der Waals surface area (Å²) in [6.07, 6.45) is 3.34. The van der Waals surface area contributed by atoms with E-state index < -0.39 is 28.8 Å². The molecular weight excluding hydrogens is 487 g/mol. The highest BCUT2D eigenvalue weighted by atomic mass is 79.9. The molecule has 0 radical (unpaired) electrons. The number of ether oxygens (including phenoxy) is 2. The van der Waals surface area contributed by atoms with Crippen LogP contribution in [0.1, 0.15) is 12.8 Å². The topological polar surface area (TPSA) is 129 Å². The molecule has 1 aromatic heterocycles. The SMILES string of the molecule is COc1cc2c(Nc3c(O)c(O)c(Br)c(O)c3F)ncnc2cc1OCC1CCNCC1. The molecule has 2 aromatic carbocycles. The minimum absolute atomic E-state index is 0.133. The molecular formula is C21H22BrFN4O5. The molecule has 0 saturated carbocycles. The van der Waals surface area contributed by atoms with Crippen molar-refractivity contribution in [2.24, 2.45) is 5.92 Å². The molecule has 9 nitrogen and oxygen atoms in total. The Kier molecular flexibility index (Phi) is 6.38. The van der Waals surface area contributed by atoms with Crippen LogP contribution in [-0.4, -0.2) is 52.1 Å². The predicted molar refractivity (Wildman–Crippen MR) is 120 cm³/mol. The lowest BCUT2D eigenvalue weighted by Crippen LogP contribution is -2.30. The number of fused-ring (bicyclic) bond motifs is 1. The Hall–Kier alpha value is -3.05. The third kappa shape index (κ3) is 4.17. The number of nitrogens with one attached hydrogen (secondary N) is 2. The number of hydrogen-bond donors (Lipinski definition) is 5. The summed E-state index contributed by atoms with van der Waals surface area (Å²) in [5.41, 5.74) is -0.0394. The van der Waals surface area contributed by atoms with Gasteiger partial charge < -0.3 is 35.4 Å². The van der Waals surface area contributed by atoms with Gasteiger partial charge in [-0.2, -0.15) is 0 Å². The predicted octanol–water partition coefficient (Wildman–Crippen LogP) is 3.78. The molecule has 11 heteroatoms. The van der Waals surface area contributed by atoms with E-state index in [9.17, 15) is 19.7 Å². The lowest BCUT2D eigenvalue weighted by molar-refractivity contribution is 0.208. The van der Waals surface area contributed by atoms with E-state index in [1.807, 2.05) is 0 Å². The van der Waals surface area contributed by atoms with Crippen LogP contribution < -0.4 is 20.1 Å². The standard InChI is InChI=1S/C21H22BrFN4O5/c1-31-13-6-11-12(7-14(13)32-8-10-2-4-24-5-3-10)25-9-26-21(11)27-17-16(23)18(28)15(22)19(29)20(17)30/h6-7,9-10,24,28-30H,2-5,8H2,1H3,(H,25,26,27). The van der Waals surface area contributed by atoms with E-state index in [4.69, 9.17) is 9.47 Å². The quantitative estimate of drug-likeness (QED) is 0.249. The van der Waals surface area contributed by atoms with Gasteiger partial charge in [-0.25, -0.2) is 14.4 Å². The van der Waals surface area contributed by atoms with Gasteiger partial charge in [0.25, 0.3) is 0 Å². The molecule has 0 spiro atoms. The average Bonchev–Trinajstić information content (AvgIpc) is 2.83. The molecule has 5 N–H and O–H groups in total. The van der Waals surface area contributed by atoms with Gasteiger partial charge in [-0.1, -0.05) is 0 Å². The van der Waals surface area contributed by atoms with Gasteiger partial charge in [-0.3, -0.25) is 0 Å². The Bertz CT molecular complexity index is 1130. The Labute approximate surface area is 191 Å². The number of hydrogen-bond acceptors (Lipinski definition) is 9. The van der Waals surface area contributed by atoms with Crippen LogP contribution in [-0.2, 0) is 0 Å². The van der Waals surface area contributed by atoms with E-state index in [1.165, 1.54) is 13.4 Å². The van der Waals surface area contributed by atoms with Gasteiger partial charge in [0.15, 0.2) is 34.6 Å². The number of aromatic nitrogens is 2. The van der Waals surface area contributed by atoms with Crippen molar-refractivity contribution in [2.75, 3.05) is 32.1 Å². The highest BCUT2D eigenvalue weighted by molar-refractivity contribution is 9.10. The minimum atomic E-state index is -1.16. The highest BCUT2D eigenvalue weighted by Crippen LogP contribution is 2.48. The van der Waals surface area contributed by atoms with E-state index in [0.717, 1.165) is 25.9 Å². The zero-order chi connectivity index (χ0) is 22.8. The smallest absolute Gasteiger partial charge is 0.193 e. The van der Waals surface area contributed by atoms with Crippen LogP contribution in [0.2, 0.25) is 0 Å². The fraction of sp³-hybridized carbons (Fsp3) is 0.333. The molecule has 0 amide bonds. The Balaban J connectivity index is 1.68. The Morgan fingerprint density at radius 1 is 1.12 bits per heavy atom. The highest BCUT2D eigenvalue weighted by Gasteiger charge is 2.24. The maximum atomic E-state index is 14.6. The maximum absolute atomic E-state index is 14.6. The summed E-state index contributed by atoms with van der Waals surface area (Å²) in [6, 6.07) is 3.35. The fourth-order valence-corrected chi connectivity index (χ4v) is 3.94. The molecule has 0 unspecified atom stereocenters. The monoisotopic (exact) mass is 508 g/mol. The number of piperidine rings is 1. The maximum Gasteiger partial charge on any atom is 0.193 e. The Morgan fingerprint density at radius 3 is 2.59 bits per heavy atom. The second-order valence-electron chi connectivity index (χ2n) is 7.42. The number of anilines is 2. The second kappa shape index (κ2) is 9.21. The average molecular weight is 509 g/mol. The summed E-state index contributed by atoms with van der Waals surface area (Å²) in [6.45, 7) is 2.49. The lowest BCUT2D eigenvalue weighted by atomic mass is 9.99. The molecule has 170 valence electrons. The van der Waals surface area contributed by atoms with Crippen molar-refractivity contribution in [2.45, 2.75) is 12.8 Å². The number of phenolic OH excluding ortho intramolecular Hbond substituents is 3. The van der Waals surface area contributed by atoms with E-state index in [0.29, 0.717) is 34.9 Å². The first-order chi connectivity index (χ1) is 15.4. The van der Waals surface area contributed by atoms with Crippen molar-refractivity contribution in [3.05, 3.63) is 28.7 Å². The molecule has 1 aliphatic rings. The summed E-state index contributed by atoms with van der Waals surface area (Å²) in [7, 11) is 1.51. The summed E-state index contributed by atoms with van der Waals surface area (Å²) < 4.78 is 25.7. The summed E-state index contributed by atoms with van der Waals surface area (Å²) in [5.74, 6) is -1.97. The van der Waals surface area contributed by atoms with Gasteiger partial charge in [-0.15, -0.1) is 0 Å². The van der Waals surface area contributed by atoms with Crippen LogP contribution in [0.5, 0.6) is 28.7 Å². The zero-order valence-corrected chi connectivity index (χ0v) is 18.7. The van der Waals surface area contributed by atoms with E-state index >= 15 is 0 Å². The normalized spacial score (nSPS) is 14.5. The fourth-order valence-electron chi connectivity index (χ4n) is 3.58. The molecule has 0 atom stereocenters. The van der Waals surface area contributed by atoms with Crippen LogP contribution in [0.25, 0.3) is 10.9 Å². The van der Waals surface area contributed by atoms with Crippen LogP contribution in [0.15, 0.2) is 22.9 Å². The molecule has 2 heterocycles. The minimum Gasteiger partial charge on any atom is -0.504 e. The van der Waals surface area contributed by atoms with Crippen molar-refractivity contribution in [1.29, 1.82) is 0 Å². The van der Waals surface area contributed by atoms with Crippen LogP contribution in [0.3, 0.4) is 0 Å². The number of methoxy groups -OCH3 is 1. The van der Waals surface area contributed by atoms with Crippen molar-refractivity contribution in [1.82, 2.24) is 15.3 Å². The van der Waals surface area contributed by atoms with Gasteiger partial charge in [0.2, 0.25) is 0 Å². The lowest BCUT2D eigenvalue weighted by Gasteiger charge is -2.23. The summed E-state index contributed by atoms with van der Waals surface area (Å²) >= 11 is 2.82. The van der Waals surface area contributed by atoms with Crippen molar-refractivity contribution in [3.63, 3.8) is 0 Å². The van der Waals surface area contributed by atoms with Gasteiger partial charge in [0.05, 0.1) is 19.2 Å². The first kappa shape index (κ1) is 22.2. The molecule has 3 aromatic rings. The summed E-state index contributed by atoms with van der Waals surface area (Å²) in [5, 5.41) is 36.4. The van der Waals surface area contributed by atoms with E-state index in [1.54, 1.807) is 12.1 Å². The molecule has 1 saturated heterocycles. The number of nitrogens with zero attached hydrogens (tertiary/aromatic N) is 2. The molecule has 4 rings (SSSR count). The summed E-state index contributed by atoms with van der Waals surface area (Å²) in [4.78, 5) is 8.36. The number of halogens is 2. The van der Waals surface area contributed by atoms with E-state index in [-0.39, 0.29) is 10.3 Å². The van der Waals surface area contributed by atoms with Gasteiger partial charge in [0.1, 0.15) is 22.3 Å². The van der Waals surface area contributed by atoms with Crippen LogP contribution in [0.4, 0.5) is 15.9 Å². The van der Waals surface area contributed by atoms with Crippen LogP contribution in [0, 0.1) is 11.7 Å². The first-order valence-corrected chi connectivity index (χ1v) is 10.7.